The fraction of sp³-hybridized carbons (Fsp3) is 0.438. The Morgan fingerprint density at radius 1 is 1.29 bits per heavy atom. The van der Waals surface area contributed by atoms with Gasteiger partial charge in [-0.15, -0.1) is 0 Å². The summed E-state index contributed by atoms with van der Waals surface area (Å²) in [6.45, 7) is 0.679. The van der Waals surface area contributed by atoms with Gasteiger partial charge in [0.2, 0.25) is 11.8 Å². The Labute approximate surface area is 143 Å². The lowest BCUT2D eigenvalue weighted by atomic mass is 10.1. The van der Waals surface area contributed by atoms with Crippen LogP contribution in [0.25, 0.3) is 0 Å². The summed E-state index contributed by atoms with van der Waals surface area (Å²) in [7, 11) is 0. The molecule has 2 atom stereocenters. The third-order valence-corrected chi connectivity index (χ3v) is 4.63. The van der Waals surface area contributed by atoms with Crippen LogP contribution in [0.15, 0.2) is 24.3 Å². The number of para-hydroxylation sites is 1. The van der Waals surface area contributed by atoms with Crippen LogP contribution in [0.2, 0.25) is 5.02 Å². The van der Waals surface area contributed by atoms with Gasteiger partial charge >= 0.3 is 5.97 Å². The number of carbonyl (C=O) groups is 3. The number of hydrogen-bond donors (Lipinski definition) is 1. The molecule has 0 unspecified atom stereocenters. The van der Waals surface area contributed by atoms with E-state index in [1.807, 2.05) is 0 Å². The van der Waals surface area contributed by atoms with Crippen LogP contribution in [0.5, 0.6) is 0 Å². The van der Waals surface area contributed by atoms with Crippen molar-refractivity contribution in [2.45, 2.75) is 12.5 Å². The number of anilines is 1. The van der Waals surface area contributed by atoms with E-state index in [-0.39, 0.29) is 37.9 Å². The van der Waals surface area contributed by atoms with E-state index in [4.69, 9.17) is 16.3 Å². The number of amides is 2. The minimum Gasteiger partial charge on any atom is -0.480 e. The first-order chi connectivity index (χ1) is 11.5. The van der Waals surface area contributed by atoms with E-state index in [9.17, 15) is 19.5 Å². The zero-order valence-electron chi connectivity index (χ0n) is 12.9. The molecule has 2 saturated heterocycles. The molecule has 1 N–H and O–H groups in total. The average Bonchev–Trinajstić information content (AvgIpc) is 2.96. The second-order valence-electron chi connectivity index (χ2n) is 5.82. The highest BCUT2D eigenvalue weighted by Crippen LogP contribution is 2.32. The maximum absolute atomic E-state index is 12.7. The van der Waals surface area contributed by atoms with Crippen LogP contribution in [0.3, 0.4) is 0 Å². The Kier molecular flexibility index (Phi) is 4.73. The minimum absolute atomic E-state index is 0.0318. The Hall–Kier alpha value is -2.12. The Morgan fingerprint density at radius 2 is 2.04 bits per heavy atom. The Bertz CT molecular complexity index is 680. The number of aliphatic carboxylic acids is 1. The molecule has 0 aliphatic carbocycles. The monoisotopic (exact) mass is 352 g/mol. The van der Waals surface area contributed by atoms with Gasteiger partial charge in [0, 0.05) is 19.5 Å². The maximum atomic E-state index is 12.7. The second-order valence-corrected chi connectivity index (χ2v) is 6.22. The number of rotatable bonds is 3. The average molecular weight is 353 g/mol. The van der Waals surface area contributed by atoms with E-state index in [0.717, 1.165) is 0 Å². The molecule has 2 heterocycles. The van der Waals surface area contributed by atoms with Crippen LogP contribution >= 0.6 is 11.6 Å². The number of carboxylic acids is 1. The van der Waals surface area contributed by atoms with Crippen LogP contribution in [0.4, 0.5) is 5.69 Å². The molecule has 0 aromatic heterocycles. The third kappa shape index (κ3) is 3.09. The van der Waals surface area contributed by atoms with Crippen molar-refractivity contribution >= 4 is 35.1 Å². The second kappa shape index (κ2) is 6.78. The van der Waals surface area contributed by atoms with Gasteiger partial charge in [-0.05, 0) is 12.1 Å². The molecule has 0 bridgehead atoms. The number of carbonyl (C=O) groups excluding carboxylic acids is 2. The highest BCUT2D eigenvalue weighted by Gasteiger charge is 2.41. The van der Waals surface area contributed by atoms with E-state index >= 15 is 0 Å². The van der Waals surface area contributed by atoms with E-state index in [1.54, 1.807) is 24.3 Å². The van der Waals surface area contributed by atoms with E-state index in [0.29, 0.717) is 17.3 Å². The summed E-state index contributed by atoms with van der Waals surface area (Å²) in [5.41, 5.74) is 0.566. The van der Waals surface area contributed by atoms with E-state index in [2.05, 4.69) is 0 Å². The molecule has 0 radical (unpaired) electrons. The number of carboxylic acid groups (broad SMARTS) is 1. The molecular weight excluding hydrogens is 336 g/mol. The summed E-state index contributed by atoms with van der Waals surface area (Å²) in [5.74, 6) is -2.20. The number of ether oxygens (including phenoxy) is 1. The summed E-state index contributed by atoms with van der Waals surface area (Å²) in [4.78, 5) is 39.1. The van der Waals surface area contributed by atoms with E-state index < -0.39 is 17.9 Å². The van der Waals surface area contributed by atoms with Crippen molar-refractivity contribution in [1.29, 1.82) is 0 Å². The first kappa shape index (κ1) is 16.7. The van der Waals surface area contributed by atoms with E-state index in [1.165, 1.54) is 9.80 Å². The van der Waals surface area contributed by atoms with Crippen LogP contribution in [-0.2, 0) is 19.1 Å². The Morgan fingerprint density at radius 3 is 2.75 bits per heavy atom. The van der Waals surface area contributed by atoms with Crippen molar-refractivity contribution in [3.05, 3.63) is 29.3 Å². The first-order valence-corrected chi connectivity index (χ1v) is 8.02. The lowest BCUT2D eigenvalue weighted by Gasteiger charge is -2.34. The molecule has 0 saturated carbocycles. The van der Waals surface area contributed by atoms with Crippen LogP contribution in [0, 0.1) is 5.92 Å². The predicted molar refractivity (Wildman–Crippen MR) is 85.9 cm³/mol. The maximum Gasteiger partial charge on any atom is 0.328 e. The van der Waals surface area contributed by atoms with Gasteiger partial charge in [0.25, 0.3) is 0 Å². The molecule has 24 heavy (non-hydrogen) atoms. The van der Waals surface area contributed by atoms with Gasteiger partial charge < -0.3 is 19.6 Å². The molecule has 2 fully saturated rings. The molecule has 8 heteroatoms. The van der Waals surface area contributed by atoms with Gasteiger partial charge in [-0.25, -0.2) is 4.79 Å². The van der Waals surface area contributed by atoms with Gasteiger partial charge in [0.1, 0.15) is 0 Å². The molecule has 0 spiro atoms. The van der Waals surface area contributed by atoms with Crippen LogP contribution in [0.1, 0.15) is 6.42 Å². The molecular formula is C16H17ClN2O5. The SMILES string of the molecule is O=C(O)[C@@H]1COCCN1C(=O)[C@H]1CC(=O)N(c2ccccc2Cl)C1. The molecule has 1 aromatic carbocycles. The van der Waals surface area contributed by atoms with Gasteiger partial charge in [-0.3, -0.25) is 9.59 Å². The lowest BCUT2D eigenvalue weighted by molar-refractivity contribution is -0.160. The number of hydrogen-bond acceptors (Lipinski definition) is 4. The lowest BCUT2D eigenvalue weighted by Crippen LogP contribution is -2.54. The standard InChI is InChI=1S/C16H17ClN2O5/c17-11-3-1-2-4-12(11)19-8-10(7-14(19)20)15(21)18-5-6-24-9-13(18)16(22)23/h1-4,10,13H,5-9H2,(H,22,23)/t10-,13-/m0/s1. The molecule has 128 valence electrons. The van der Waals surface area contributed by atoms with Crippen molar-refractivity contribution in [3.63, 3.8) is 0 Å². The normalized spacial score (nSPS) is 24.3. The zero-order valence-corrected chi connectivity index (χ0v) is 13.6. The summed E-state index contributed by atoms with van der Waals surface area (Å²) in [5, 5.41) is 9.69. The van der Waals surface area contributed by atoms with Crippen molar-refractivity contribution < 1.29 is 24.2 Å². The van der Waals surface area contributed by atoms with Gasteiger partial charge in [0.15, 0.2) is 6.04 Å². The largest absolute Gasteiger partial charge is 0.480 e. The first-order valence-electron chi connectivity index (χ1n) is 7.65. The fourth-order valence-corrected chi connectivity index (χ4v) is 3.32. The predicted octanol–water partition coefficient (Wildman–Crippen LogP) is 1.00. The summed E-state index contributed by atoms with van der Waals surface area (Å²) < 4.78 is 5.14. The van der Waals surface area contributed by atoms with Crippen molar-refractivity contribution in [2.24, 2.45) is 5.92 Å². The highest BCUT2D eigenvalue weighted by atomic mass is 35.5. The fourth-order valence-electron chi connectivity index (χ4n) is 3.08. The zero-order chi connectivity index (χ0) is 17.3. The number of benzene rings is 1. The molecule has 2 aliphatic heterocycles. The van der Waals surface area contributed by atoms with Crippen molar-refractivity contribution in [2.75, 3.05) is 31.2 Å². The quantitative estimate of drug-likeness (QED) is 0.877. The van der Waals surface area contributed by atoms with Gasteiger partial charge in [-0.2, -0.15) is 0 Å². The molecule has 3 rings (SSSR count). The molecule has 1 aromatic rings. The summed E-state index contributed by atoms with van der Waals surface area (Å²) >= 11 is 6.13. The third-order valence-electron chi connectivity index (χ3n) is 4.31. The van der Waals surface area contributed by atoms with Crippen molar-refractivity contribution in [1.82, 2.24) is 4.90 Å². The van der Waals surface area contributed by atoms with Crippen LogP contribution in [-0.4, -0.2) is 60.1 Å². The number of nitrogens with zero attached hydrogens (tertiary/aromatic N) is 2. The summed E-state index contributed by atoms with van der Waals surface area (Å²) in [6, 6.07) is 5.94. The molecule has 2 aliphatic rings. The smallest absolute Gasteiger partial charge is 0.328 e. The minimum atomic E-state index is -1.10. The Balaban J connectivity index is 1.76. The van der Waals surface area contributed by atoms with Crippen LogP contribution < -0.4 is 4.90 Å². The van der Waals surface area contributed by atoms with Gasteiger partial charge in [-0.1, -0.05) is 23.7 Å². The molecule has 2 amide bonds. The van der Waals surface area contributed by atoms with Crippen molar-refractivity contribution in [3.8, 4) is 0 Å². The topological polar surface area (TPSA) is 87.1 Å². The number of halogens is 1. The van der Waals surface area contributed by atoms with Gasteiger partial charge in [0.05, 0.1) is 29.8 Å². The molecule has 7 nitrogen and oxygen atoms in total. The highest BCUT2D eigenvalue weighted by molar-refractivity contribution is 6.33. The summed E-state index contributed by atoms with van der Waals surface area (Å²) in [6.07, 6.45) is 0.0494. The number of morpholine rings is 1.